The zero-order valence-corrected chi connectivity index (χ0v) is 11.9. The molecule has 0 saturated heterocycles. The van der Waals surface area contributed by atoms with Crippen molar-refractivity contribution in [2.45, 2.75) is 38.2 Å². The van der Waals surface area contributed by atoms with Gasteiger partial charge in [0, 0.05) is 0 Å². The van der Waals surface area contributed by atoms with Crippen molar-refractivity contribution in [2.24, 2.45) is 5.92 Å². The topological polar surface area (TPSA) is 42.2 Å². The lowest BCUT2D eigenvalue weighted by molar-refractivity contribution is 0.0813. The number of ether oxygens (including phenoxy) is 2. The predicted molar refractivity (Wildman–Crippen MR) is 77.7 cm³/mol. The lowest BCUT2D eigenvalue weighted by Gasteiger charge is -2.28. The minimum atomic E-state index is 0.223. The van der Waals surface area contributed by atoms with Gasteiger partial charge in [0.05, 0.1) is 13.2 Å². The Balaban J connectivity index is 1.75. The van der Waals surface area contributed by atoms with Gasteiger partial charge in [-0.05, 0) is 43.6 Å². The Morgan fingerprint density at radius 2 is 1.95 bits per heavy atom. The minimum absolute atomic E-state index is 0.223. The predicted octanol–water partition coefficient (Wildman–Crippen LogP) is 3.82. The zero-order chi connectivity index (χ0) is 14.2. The highest BCUT2D eigenvalue weighted by Gasteiger charge is 2.21. The van der Waals surface area contributed by atoms with Crippen molar-refractivity contribution < 1.29 is 9.47 Å². The molecule has 3 heteroatoms. The summed E-state index contributed by atoms with van der Waals surface area (Å²) in [6.07, 6.45) is 7.30. The first kappa shape index (κ1) is 14.5. The standard InChI is InChI=1S/C17H21NO2/c1-19-17(12-18)13-20-16-9-7-15(8-10-16)11-14-5-3-2-4-6-14/h2-6,13,15-16H,7-11H2,1H3. The van der Waals surface area contributed by atoms with Gasteiger partial charge in [-0.15, -0.1) is 0 Å². The van der Waals surface area contributed by atoms with E-state index in [2.05, 4.69) is 30.3 Å². The summed E-state index contributed by atoms with van der Waals surface area (Å²) < 4.78 is 10.5. The number of hydrogen-bond acceptors (Lipinski definition) is 3. The van der Waals surface area contributed by atoms with E-state index in [0.29, 0.717) is 0 Å². The van der Waals surface area contributed by atoms with Crippen LogP contribution in [0.2, 0.25) is 0 Å². The molecule has 2 rings (SSSR count). The van der Waals surface area contributed by atoms with Gasteiger partial charge in [0.15, 0.2) is 0 Å². The first-order chi connectivity index (χ1) is 9.81. The molecule has 1 aromatic carbocycles. The highest BCUT2D eigenvalue weighted by molar-refractivity contribution is 5.15. The van der Waals surface area contributed by atoms with Gasteiger partial charge in [-0.2, -0.15) is 5.26 Å². The van der Waals surface area contributed by atoms with Crippen molar-refractivity contribution in [1.29, 1.82) is 5.26 Å². The van der Waals surface area contributed by atoms with Gasteiger partial charge in [0.2, 0.25) is 5.76 Å². The number of methoxy groups -OCH3 is 1. The molecule has 0 radical (unpaired) electrons. The van der Waals surface area contributed by atoms with Crippen LogP contribution in [0.25, 0.3) is 0 Å². The van der Waals surface area contributed by atoms with Crippen LogP contribution in [0.4, 0.5) is 0 Å². The van der Waals surface area contributed by atoms with E-state index in [1.165, 1.54) is 31.8 Å². The lowest BCUT2D eigenvalue weighted by Crippen LogP contribution is -2.21. The van der Waals surface area contributed by atoms with Crippen molar-refractivity contribution >= 4 is 0 Å². The molecule has 0 heterocycles. The fourth-order valence-electron chi connectivity index (χ4n) is 2.70. The Kier molecular flexibility index (Phi) is 5.49. The molecule has 0 bridgehead atoms. The SMILES string of the molecule is COC(C#N)=COC1CCC(Cc2ccccc2)CC1. The number of hydrogen-bond donors (Lipinski definition) is 0. The van der Waals surface area contributed by atoms with Crippen LogP contribution in [0, 0.1) is 17.2 Å². The second-order valence-electron chi connectivity index (χ2n) is 5.27. The van der Waals surface area contributed by atoms with E-state index in [1.54, 1.807) is 0 Å². The summed E-state index contributed by atoms with van der Waals surface area (Å²) in [6.45, 7) is 0. The maximum atomic E-state index is 8.74. The maximum absolute atomic E-state index is 8.74. The van der Waals surface area contributed by atoms with Crippen LogP contribution in [0.15, 0.2) is 42.4 Å². The van der Waals surface area contributed by atoms with E-state index in [0.717, 1.165) is 25.2 Å². The third-order valence-electron chi connectivity index (χ3n) is 3.86. The van der Waals surface area contributed by atoms with Crippen LogP contribution in [-0.4, -0.2) is 13.2 Å². The fourth-order valence-corrected chi connectivity index (χ4v) is 2.70. The van der Waals surface area contributed by atoms with Crippen LogP contribution in [0.3, 0.4) is 0 Å². The Morgan fingerprint density at radius 1 is 1.25 bits per heavy atom. The van der Waals surface area contributed by atoms with E-state index < -0.39 is 0 Å². The Labute approximate surface area is 120 Å². The monoisotopic (exact) mass is 271 g/mol. The molecule has 0 spiro atoms. The second kappa shape index (κ2) is 7.59. The zero-order valence-electron chi connectivity index (χ0n) is 11.9. The molecular weight excluding hydrogens is 250 g/mol. The molecule has 1 aliphatic carbocycles. The summed E-state index contributed by atoms with van der Waals surface area (Å²) in [7, 11) is 1.48. The van der Waals surface area contributed by atoms with Gasteiger partial charge >= 0.3 is 0 Å². The molecule has 0 unspecified atom stereocenters. The quantitative estimate of drug-likeness (QED) is 0.604. The van der Waals surface area contributed by atoms with Gasteiger partial charge in [-0.3, -0.25) is 0 Å². The van der Waals surface area contributed by atoms with Crippen LogP contribution < -0.4 is 0 Å². The number of nitriles is 1. The largest absolute Gasteiger partial charge is 0.493 e. The summed E-state index contributed by atoms with van der Waals surface area (Å²) >= 11 is 0. The summed E-state index contributed by atoms with van der Waals surface area (Å²) in [5.41, 5.74) is 1.42. The van der Waals surface area contributed by atoms with Crippen LogP contribution in [0.5, 0.6) is 0 Å². The average Bonchev–Trinajstić information content (AvgIpc) is 2.51. The second-order valence-corrected chi connectivity index (χ2v) is 5.27. The van der Waals surface area contributed by atoms with Crippen molar-refractivity contribution in [3.8, 4) is 6.07 Å². The first-order valence-electron chi connectivity index (χ1n) is 7.15. The molecule has 106 valence electrons. The third kappa shape index (κ3) is 4.31. The third-order valence-corrected chi connectivity index (χ3v) is 3.86. The molecule has 0 atom stereocenters. The number of rotatable bonds is 5. The van der Waals surface area contributed by atoms with Crippen LogP contribution >= 0.6 is 0 Å². The van der Waals surface area contributed by atoms with Crippen LogP contribution in [0.1, 0.15) is 31.2 Å². The highest BCUT2D eigenvalue weighted by atomic mass is 16.5. The average molecular weight is 271 g/mol. The molecule has 0 N–H and O–H groups in total. The number of nitrogens with zero attached hydrogens (tertiary/aromatic N) is 1. The Morgan fingerprint density at radius 3 is 2.55 bits per heavy atom. The fraction of sp³-hybridized carbons (Fsp3) is 0.471. The normalized spacial score (nSPS) is 22.9. The van der Waals surface area contributed by atoms with Crippen LogP contribution in [-0.2, 0) is 15.9 Å². The molecule has 0 aliphatic heterocycles. The molecule has 1 aliphatic rings. The van der Waals surface area contributed by atoms with Crippen molar-refractivity contribution in [2.75, 3.05) is 7.11 Å². The van der Waals surface area contributed by atoms with Gasteiger partial charge in [0.1, 0.15) is 12.3 Å². The van der Waals surface area contributed by atoms with Gasteiger partial charge in [-0.1, -0.05) is 30.3 Å². The highest BCUT2D eigenvalue weighted by Crippen LogP contribution is 2.29. The molecule has 20 heavy (non-hydrogen) atoms. The number of allylic oxidation sites excluding steroid dienone is 1. The molecular formula is C17H21NO2. The van der Waals surface area contributed by atoms with Gasteiger partial charge in [0.25, 0.3) is 0 Å². The maximum Gasteiger partial charge on any atom is 0.232 e. The smallest absolute Gasteiger partial charge is 0.232 e. The van der Waals surface area contributed by atoms with Crippen molar-refractivity contribution in [3.05, 3.63) is 47.9 Å². The van der Waals surface area contributed by atoms with E-state index in [9.17, 15) is 0 Å². The Hall–Kier alpha value is -1.95. The van der Waals surface area contributed by atoms with E-state index >= 15 is 0 Å². The molecule has 0 amide bonds. The van der Waals surface area contributed by atoms with Gasteiger partial charge < -0.3 is 9.47 Å². The molecule has 0 aromatic heterocycles. The number of benzene rings is 1. The Bertz CT molecular complexity index is 468. The van der Waals surface area contributed by atoms with E-state index in [4.69, 9.17) is 14.7 Å². The molecule has 1 saturated carbocycles. The lowest BCUT2D eigenvalue weighted by atomic mass is 9.83. The molecule has 3 nitrogen and oxygen atoms in total. The summed E-state index contributed by atoms with van der Waals surface area (Å²) in [5.74, 6) is 0.982. The minimum Gasteiger partial charge on any atom is -0.493 e. The summed E-state index contributed by atoms with van der Waals surface area (Å²) in [4.78, 5) is 0. The van der Waals surface area contributed by atoms with Crippen molar-refractivity contribution in [3.63, 3.8) is 0 Å². The summed E-state index contributed by atoms with van der Waals surface area (Å²) in [5, 5.41) is 8.74. The van der Waals surface area contributed by atoms with E-state index in [1.807, 2.05) is 6.07 Å². The first-order valence-corrected chi connectivity index (χ1v) is 7.15. The molecule has 1 aromatic rings. The van der Waals surface area contributed by atoms with Gasteiger partial charge in [-0.25, -0.2) is 0 Å². The van der Waals surface area contributed by atoms with Crippen molar-refractivity contribution in [1.82, 2.24) is 0 Å². The van der Waals surface area contributed by atoms with E-state index in [-0.39, 0.29) is 11.9 Å². The summed E-state index contributed by atoms with van der Waals surface area (Å²) in [6, 6.07) is 12.6. The molecule has 1 fully saturated rings.